The Kier molecular flexibility index (Phi) is 4.65. The number of benzene rings is 2. The first-order valence-electron chi connectivity index (χ1n) is 8.32. The van der Waals surface area contributed by atoms with Crippen molar-refractivity contribution in [2.75, 3.05) is 11.4 Å². The van der Waals surface area contributed by atoms with Gasteiger partial charge in [-0.3, -0.25) is 9.59 Å². The lowest BCUT2D eigenvalue weighted by molar-refractivity contribution is -0.117. The summed E-state index contributed by atoms with van der Waals surface area (Å²) >= 11 is 0. The first kappa shape index (κ1) is 16.2. The summed E-state index contributed by atoms with van der Waals surface area (Å²) in [4.78, 5) is 26.2. The van der Waals surface area contributed by atoms with Gasteiger partial charge in [0.25, 0.3) is 5.91 Å². The molecule has 2 aromatic carbocycles. The highest BCUT2D eigenvalue weighted by molar-refractivity contribution is 5.99. The number of carbonyl (C=O) groups is 2. The third kappa shape index (κ3) is 3.48. The number of amides is 2. The highest BCUT2D eigenvalue weighted by atomic mass is 16.2. The van der Waals surface area contributed by atoms with E-state index in [0.29, 0.717) is 12.0 Å². The highest BCUT2D eigenvalue weighted by Crippen LogP contribution is 2.22. The molecule has 0 spiro atoms. The predicted molar refractivity (Wildman–Crippen MR) is 95.1 cm³/mol. The normalized spacial score (nSPS) is 15.4. The Balaban J connectivity index is 1.73. The number of hydrogen-bond acceptors (Lipinski definition) is 2. The Hall–Kier alpha value is -2.62. The summed E-state index contributed by atoms with van der Waals surface area (Å²) in [6.07, 6.45) is 1.46. The Morgan fingerprint density at radius 2 is 1.92 bits per heavy atom. The molecule has 1 heterocycles. The van der Waals surface area contributed by atoms with Crippen molar-refractivity contribution in [2.24, 2.45) is 0 Å². The van der Waals surface area contributed by atoms with E-state index in [-0.39, 0.29) is 17.9 Å². The fraction of sp³-hybridized carbons (Fsp3) is 0.300. The van der Waals surface area contributed by atoms with Gasteiger partial charge >= 0.3 is 0 Å². The van der Waals surface area contributed by atoms with Crippen LogP contribution >= 0.6 is 0 Å². The van der Waals surface area contributed by atoms with Crippen LogP contribution in [0.1, 0.15) is 47.3 Å². The molecule has 1 aliphatic rings. The molecule has 0 aliphatic carbocycles. The zero-order valence-electron chi connectivity index (χ0n) is 14.1. The van der Waals surface area contributed by atoms with Crippen molar-refractivity contribution in [1.29, 1.82) is 0 Å². The Morgan fingerprint density at radius 3 is 2.58 bits per heavy atom. The number of nitrogens with one attached hydrogen (secondary N) is 1. The van der Waals surface area contributed by atoms with E-state index in [4.69, 9.17) is 0 Å². The van der Waals surface area contributed by atoms with E-state index in [1.165, 1.54) is 5.56 Å². The van der Waals surface area contributed by atoms with E-state index < -0.39 is 0 Å². The van der Waals surface area contributed by atoms with Gasteiger partial charge in [-0.15, -0.1) is 0 Å². The van der Waals surface area contributed by atoms with Crippen molar-refractivity contribution in [3.8, 4) is 0 Å². The lowest BCUT2D eigenvalue weighted by Gasteiger charge is -2.18. The smallest absolute Gasteiger partial charge is 0.251 e. The third-order valence-electron chi connectivity index (χ3n) is 4.42. The molecule has 0 saturated carbocycles. The molecule has 1 saturated heterocycles. The predicted octanol–water partition coefficient (Wildman–Crippen LogP) is 3.61. The molecule has 0 bridgehead atoms. The van der Waals surface area contributed by atoms with Gasteiger partial charge in [0.15, 0.2) is 0 Å². The van der Waals surface area contributed by atoms with Gasteiger partial charge in [0.05, 0.1) is 6.04 Å². The van der Waals surface area contributed by atoms with E-state index in [1.54, 1.807) is 17.0 Å². The maximum Gasteiger partial charge on any atom is 0.251 e. The second-order valence-corrected chi connectivity index (χ2v) is 6.31. The van der Waals surface area contributed by atoms with Crippen molar-refractivity contribution in [3.63, 3.8) is 0 Å². The molecule has 124 valence electrons. The van der Waals surface area contributed by atoms with Crippen LogP contribution in [0.15, 0.2) is 48.5 Å². The van der Waals surface area contributed by atoms with Gasteiger partial charge in [-0.2, -0.15) is 0 Å². The van der Waals surface area contributed by atoms with E-state index in [2.05, 4.69) is 5.32 Å². The van der Waals surface area contributed by atoms with Crippen LogP contribution in [0.3, 0.4) is 0 Å². The number of anilines is 1. The molecule has 1 N–H and O–H groups in total. The van der Waals surface area contributed by atoms with Crippen LogP contribution in [-0.2, 0) is 4.79 Å². The van der Waals surface area contributed by atoms with E-state index in [9.17, 15) is 9.59 Å². The first-order chi connectivity index (χ1) is 11.5. The van der Waals surface area contributed by atoms with E-state index in [0.717, 1.165) is 24.2 Å². The molecule has 1 unspecified atom stereocenters. The summed E-state index contributed by atoms with van der Waals surface area (Å²) in [7, 11) is 0. The number of rotatable bonds is 4. The minimum atomic E-state index is -0.128. The molecule has 4 heteroatoms. The Morgan fingerprint density at radius 1 is 1.17 bits per heavy atom. The van der Waals surface area contributed by atoms with Crippen LogP contribution < -0.4 is 10.2 Å². The lowest BCUT2D eigenvalue weighted by atomic mass is 10.1. The summed E-state index contributed by atoms with van der Waals surface area (Å²) < 4.78 is 0. The second-order valence-electron chi connectivity index (χ2n) is 6.31. The lowest BCUT2D eigenvalue weighted by Crippen LogP contribution is -2.27. The molecule has 1 atom stereocenters. The van der Waals surface area contributed by atoms with Crippen LogP contribution in [0.5, 0.6) is 0 Å². The fourth-order valence-corrected chi connectivity index (χ4v) is 2.95. The number of aryl methyl sites for hydroxylation is 1. The van der Waals surface area contributed by atoms with Crippen molar-refractivity contribution >= 4 is 17.5 Å². The van der Waals surface area contributed by atoms with Crippen LogP contribution in [0.25, 0.3) is 0 Å². The van der Waals surface area contributed by atoms with Crippen LogP contribution in [0, 0.1) is 6.92 Å². The standard InChI is InChI=1S/C20H22N2O2/c1-14-8-10-16(11-9-14)15(2)21-20(24)17-5-3-6-18(13-17)22-12-4-7-19(22)23/h3,5-6,8-11,13,15H,4,7,12H2,1-2H3,(H,21,24). The van der Waals surface area contributed by atoms with E-state index >= 15 is 0 Å². The Labute approximate surface area is 142 Å². The van der Waals surface area contributed by atoms with Crippen LogP contribution in [-0.4, -0.2) is 18.4 Å². The first-order valence-corrected chi connectivity index (χ1v) is 8.32. The SMILES string of the molecule is Cc1ccc(C(C)NC(=O)c2cccc(N3CCCC3=O)c2)cc1. The van der Waals surface area contributed by atoms with Gasteiger partial charge in [-0.25, -0.2) is 0 Å². The van der Waals surface area contributed by atoms with Crippen molar-refractivity contribution < 1.29 is 9.59 Å². The summed E-state index contributed by atoms with van der Waals surface area (Å²) in [5.74, 6) is -0.00264. The summed E-state index contributed by atoms with van der Waals surface area (Å²) in [6, 6.07) is 15.3. The molecule has 3 rings (SSSR count). The molecular formula is C20H22N2O2. The second kappa shape index (κ2) is 6.87. The number of hydrogen-bond donors (Lipinski definition) is 1. The highest BCUT2D eigenvalue weighted by Gasteiger charge is 2.22. The molecular weight excluding hydrogens is 300 g/mol. The van der Waals surface area contributed by atoms with Crippen molar-refractivity contribution in [1.82, 2.24) is 5.32 Å². The average molecular weight is 322 g/mol. The number of carbonyl (C=O) groups excluding carboxylic acids is 2. The van der Waals surface area contributed by atoms with Gasteiger partial charge in [0, 0.05) is 24.2 Å². The topological polar surface area (TPSA) is 49.4 Å². The van der Waals surface area contributed by atoms with Crippen LogP contribution in [0.4, 0.5) is 5.69 Å². The van der Waals surface area contributed by atoms with Crippen molar-refractivity contribution in [3.05, 3.63) is 65.2 Å². The van der Waals surface area contributed by atoms with Crippen LogP contribution in [0.2, 0.25) is 0 Å². The summed E-state index contributed by atoms with van der Waals surface area (Å²) in [6.45, 7) is 4.73. The van der Waals surface area contributed by atoms with Crippen molar-refractivity contribution in [2.45, 2.75) is 32.7 Å². The quantitative estimate of drug-likeness (QED) is 0.935. The maximum absolute atomic E-state index is 12.5. The van der Waals surface area contributed by atoms with Gasteiger partial charge in [-0.1, -0.05) is 35.9 Å². The van der Waals surface area contributed by atoms with Gasteiger partial charge in [0.1, 0.15) is 0 Å². The molecule has 2 aromatic rings. The monoisotopic (exact) mass is 322 g/mol. The number of nitrogens with zero attached hydrogens (tertiary/aromatic N) is 1. The molecule has 0 radical (unpaired) electrons. The molecule has 1 fully saturated rings. The maximum atomic E-state index is 12.5. The summed E-state index contributed by atoms with van der Waals surface area (Å²) in [5, 5.41) is 3.02. The third-order valence-corrected chi connectivity index (χ3v) is 4.42. The molecule has 4 nitrogen and oxygen atoms in total. The van der Waals surface area contributed by atoms with E-state index in [1.807, 2.05) is 50.2 Å². The minimum absolute atomic E-state index is 0.0739. The molecule has 2 amide bonds. The summed E-state index contributed by atoms with van der Waals surface area (Å²) in [5.41, 5.74) is 3.64. The molecule has 0 aromatic heterocycles. The largest absolute Gasteiger partial charge is 0.346 e. The van der Waals surface area contributed by atoms with Gasteiger partial charge < -0.3 is 10.2 Å². The zero-order valence-corrected chi connectivity index (χ0v) is 14.1. The molecule has 24 heavy (non-hydrogen) atoms. The average Bonchev–Trinajstić information content (AvgIpc) is 3.01. The van der Waals surface area contributed by atoms with Gasteiger partial charge in [-0.05, 0) is 44.0 Å². The Bertz CT molecular complexity index is 752. The zero-order chi connectivity index (χ0) is 17.1. The van der Waals surface area contributed by atoms with Gasteiger partial charge in [0.2, 0.25) is 5.91 Å². The fourth-order valence-electron chi connectivity index (χ4n) is 2.95. The minimum Gasteiger partial charge on any atom is -0.346 e. The molecule has 1 aliphatic heterocycles.